The van der Waals surface area contributed by atoms with E-state index in [-0.39, 0.29) is 5.91 Å². The van der Waals surface area contributed by atoms with Gasteiger partial charge in [0.05, 0.1) is 24.4 Å². The smallest absolute Gasteiger partial charge is 0.224 e. The monoisotopic (exact) mass is 165 g/mol. The predicted octanol–water partition coefficient (Wildman–Crippen LogP) is 0.144. The summed E-state index contributed by atoms with van der Waals surface area (Å²) >= 11 is 0. The Morgan fingerprint density at radius 3 is 3.17 bits per heavy atom. The number of aromatic nitrogens is 2. The maximum absolute atomic E-state index is 11.0. The molecule has 0 radical (unpaired) electrons. The van der Waals surface area contributed by atoms with E-state index in [1.165, 1.54) is 0 Å². The largest absolute Gasteiger partial charge is 0.350 e. The molecule has 2 rings (SSSR count). The number of aryl methyl sites for hydroxylation is 1. The van der Waals surface area contributed by atoms with Crippen LogP contribution in [0.1, 0.15) is 23.9 Å². The average molecular weight is 165 g/mol. The van der Waals surface area contributed by atoms with Gasteiger partial charge in [-0.3, -0.25) is 9.89 Å². The first-order valence-corrected chi connectivity index (χ1v) is 4.13. The molecule has 0 saturated carbocycles. The summed E-state index contributed by atoms with van der Waals surface area (Å²) in [6.07, 6.45) is 1.37. The topological polar surface area (TPSA) is 57.8 Å². The van der Waals surface area contributed by atoms with Crippen molar-refractivity contribution in [2.45, 2.75) is 26.3 Å². The van der Waals surface area contributed by atoms with E-state index in [4.69, 9.17) is 0 Å². The zero-order chi connectivity index (χ0) is 8.55. The minimum Gasteiger partial charge on any atom is -0.350 e. The third-order valence-electron chi connectivity index (χ3n) is 2.17. The van der Waals surface area contributed by atoms with Gasteiger partial charge in [0.25, 0.3) is 0 Å². The zero-order valence-corrected chi connectivity index (χ0v) is 6.98. The van der Waals surface area contributed by atoms with E-state index in [2.05, 4.69) is 15.5 Å². The molecule has 4 heteroatoms. The van der Waals surface area contributed by atoms with Crippen LogP contribution in [-0.2, 0) is 24.2 Å². The fourth-order valence-electron chi connectivity index (χ4n) is 1.50. The standard InChI is InChI=1S/C8H11N3O/c1-2-6-5-3-8(12)9-4-7(5)11-10-6/h2-4H2,1H3,(H,9,12)(H,10,11). The fraction of sp³-hybridized carbons (Fsp3) is 0.500. The molecule has 0 aliphatic carbocycles. The number of amides is 1. The Morgan fingerprint density at radius 1 is 1.58 bits per heavy atom. The average Bonchev–Trinajstić information content (AvgIpc) is 2.46. The van der Waals surface area contributed by atoms with Crippen LogP contribution < -0.4 is 5.32 Å². The summed E-state index contributed by atoms with van der Waals surface area (Å²) in [6.45, 7) is 2.64. The molecule has 0 spiro atoms. The van der Waals surface area contributed by atoms with Crippen molar-refractivity contribution in [2.75, 3.05) is 0 Å². The van der Waals surface area contributed by atoms with E-state index in [0.717, 1.165) is 23.4 Å². The number of rotatable bonds is 1. The number of aromatic amines is 1. The second kappa shape index (κ2) is 2.62. The number of hydrogen-bond donors (Lipinski definition) is 2. The lowest BCUT2D eigenvalue weighted by molar-refractivity contribution is -0.121. The molecule has 1 amide bonds. The summed E-state index contributed by atoms with van der Waals surface area (Å²) in [5.74, 6) is 0.0959. The molecule has 0 atom stereocenters. The number of carbonyl (C=O) groups is 1. The van der Waals surface area contributed by atoms with Crippen LogP contribution >= 0.6 is 0 Å². The molecule has 1 aliphatic rings. The van der Waals surface area contributed by atoms with Crippen LogP contribution in [-0.4, -0.2) is 16.1 Å². The summed E-state index contributed by atoms with van der Waals surface area (Å²) in [4.78, 5) is 11.0. The van der Waals surface area contributed by atoms with Gasteiger partial charge in [0.15, 0.2) is 0 Å². The summed E-state index contributed by atoms with van der Waals surface area (Å²) in [6, 6.07) is 0. The van der Waals surface area contributed by atoms with Gasteiger partial charge < -0.3 is 5.32 Å². The highest BCUT2D eigenvalue weighted by molar-refractivity contribution is 5.80. The van der Waals surface area contributed by atoms with Crippen LogP contribution in [0.25, 0.3) is 0 Å². The maximum atomic E-state index is 11.0. The number of fused-ring (bicyclic) bond motifs is 1. The minimum atomic E-state index is 0.0959. The molecule has 2 N–H and O–H groups in total. The first-order valence-electron chi connectivity index (χ1n) is 4.13. The lowest BCUT2D eigenvalue weighted by atomic mass is 10.0. The second-order valence-electron chi connectivity index (χ2n) is 2.93. The van der Waals surface area contributed by atoms with Crippen molar-refractivity contribution < 1.29 is 4.79 Å². The van der Waals surface area contributed by atoms with Crippen molar-refractivity contribution in [3.8, 4) is 0 Å². The molecule has 1 aliphatic heterocycles. The lowest BCUT2D eigenvalue weighted by Crippen LogP contribution is -2.30. The summed E-state index contributed by atoms with van der Waals surface area (Å²) in [5.41, 5.74) is 3.19. The summed E-state index contributed by atoms with van der Waals surface area (Å²) in [5, 5.41) is 9.83. The molecule has 4 nitrogen and oxygen atoms in total. The molecule has 1 aromatic heterocycles. The molecule has 0 fully saturated rings. The first kappa shape index (κ1) is 7.34. The van der Waals surface area contributed by atoms with Crippen LogP contribution in [0, 0.1) is 0 Å². The van der Waals surface area contributed by atoms with Crippen molar-refractivity contribution >= 4 is 5.91 Å². The number of hydrogen-bond acceptors (Lipinski definition) is 2. The Labute approximate surface area is 70.4 Å². The molecule has 0 aromatic carbocycles. The number of nitrogens with one attached hydrogen (secondary N) is 2. The highest BCUT2D eigenvalue weighted by Crippen LogP contribution is 2.15. The molecule has 0 saturated heterocycles. The number of nitrogens with zero attached hydrogens (tertiary/aromatic N) is 1. The van der Waals surface area contributed by atoms with Crippen molar-refractivity contribution in [1.82, 2.24) is 15.5 Å². The molecular weight excluding hydrogens is 154 g/mol. The molecule has 0 unspecified atom stereocenters. The van der Waals surface area contributed by atoms with Crippen LogP contribution in [0.5, 0.6) is 0 Å². The summed E-state index contributed by atoms with van der Waals surface area (Å²) < 4.78 is 0. The van der Waals surface area contributed by atoms with Crippen molar-refractivity contribution in [3.63, 3.8) is 0 Å². The quantitative estimate of drug-likeness (QED) is 0.622. The molecule has 64 valence electrons. The molecule has 1 aromatic rings. The first-order chi connectivity index (χ1) is 5.81. The predicted molar refractivity (Wildman–Crippen MR) is 43.5 cm³/mol. The Hall–Kier alpha value is -1.32. The SMILES string of the molecule is CCc1n[nH]c2c1CC(=O)NC2. The Morgan fingerprint density at radius 2 is 2.42 bits per heavy atom. The van der Waals surface area contributed by atoms with Crippen LogP contribution in [0.15, 0.2) is 0 Å². The van der Waals surface area contributed by atoms with Gasteiger partial charge in [0.1, 0.15) is 0 Å². The van der Waals surface area contributed by atoms with E-state index >= 15 is 0 Å². The number of carbonyl (C=O) groups excluding carboxylic acids is 1. The fourth-order valence-corrected chi connectivity index (χ4v) is 1.50. The van der Waals surface area contributed by atoms with Gasteiger partial charge in [-0.2, -0.15) is 5.10 Å². The van der Waals surface area contributed by atoms with Crippen LogP contribution in [0.4, 0.5) is 0 Å². The van der Waals surface area contributed by atoms with Gasteiger partial charge in [-0.25, -0.2) is 0 Å². The normalized spacial score (nSPS) is 15.6. The minimum absolute atomic E-state index is 0.0959. The molecule has 12 heavy (non-hydrogen) atoms. The van der Waals surface area contributed by atoms with Gasteiger partial charge in [0.2, 0.25) is 5.91 Å². The Bertz CT molecular complexity index is 303. The molecule has 0 bridgehead atoms. The van der Waals surface area contributed by atoms with Gasteiger partial charge in [-0.1, -0.05) is 6.92 Å². The highest BCUT2D eigenvalue weighted by atomic mass is 16.1. The van der Waals surface area contributed by atoms with E-state index < -0.39 is 0 Å². The highest BCUT2D eigenvalue weighted by Gasteiger charge is 2.19. The second-order valence-corrected chi connectivity index (χ2v) is 2.93. The number of H-pyrrole nitrogens is 1. The van der Waals surface area contributed by atoms with Gasteiger partial charge in [0, 0.05) is 5.56 Å². The van der Waals surface area contributed by atoms with Crippen LogP contribution in [0.3, 0.4) is 0 Å². The lowest BCUT2D eigenvalue weighted by Gasteiger charge is -2.11. The third kappa shape index (κ3) is 0.995. The van der Waals surface area contributed by atoms with Crippen molar-refractivity contribution in [1.29, 1.82) is 0 Å². The van der Waals surface area contributed by atoms with E-state index in [1.54, 1.807) is 0 Å². The van der Waals surface area contributed by atoms with Crippen molar-refractivity contribution in [2.24, 2.45) is 0 Å². The Kier molecular flexibility index (Phi) is 1.60. The maximum Gasteiger partial charge on any atom is 0.224 e. The van der Waals surface area contributed by atoms with Gasteiger partial charge in [-0.05, 0) is 6.42 Å². The van der Waals surface area contributed by atoms with E-state index in [9.17, 15) is 4.79 Å². The van der Waals surface area contributed by atoms with Crippen molar-refractivity contribution in [3.05, 3.63) is 17.0 Å². The zero-order valence-electron chi connectivity index (χ0n) is 6.98. The van der Waals surface area contributed by atoms with Gasteiger partial charge >= 0.3 is 0 Å². The molecule has 2 heterocycles. The van der Waals surface area contributed by atoms with Gasteiger partial charge in [-0.15, -0.1) is 0 Å². The van der Waals surface area contributed by atoms with E-state index in [1.807, 2.05) is 6.92 Å². The Balaban J connectivity index is 2.40. The van der Waals surface area contributed by atoms with Crippen LogP contribution in [0.2, 0.25) is 0 Å². The third-order valence-corrected chi connectivity index (χ3v) is 2.17. The molecular formula is C8H11N3O. The van der Waals surface area contributed by atoms with E-state index in [0.29, 0.717) is 13.0 Å². The summed E-state index contributed by atoms with van der Waals surface area (Å²) in [7, 11) is 0.